The summed E-state index contributed by atoms with van der Waals surface area (Å²) in [5.74, 6) is 1.53. The van der Waals surface area contributed by atoms with E-state index in [9.17, 15) is 4.39 Å². The van der Waals surface area contributed by atoms with Crippen molar-refractivity contribution in [3.05, 3.63) is 29.1 Å². The minimum atomic E-state index is -0.140. The Bertz CT molecular complexity index is 476. The van der Waals surface area contributed by atoms with Gasteiger partial charge in [-0.1, -0.05) is 0 Å². The van der Waals surface area contributed by atoms with Crippen molar-refractivity contribution < 1.29 is 4.39 Å². The van der Waals surface area contributed by atoms with Crippen LogP contribution in [0.3, 0.4) is 0 Å². The smallest absolute Gasteiger partial charge is 0.126 e. The highest BCUT2D eigenvalue weighted by molar-refractivity contribution is 5.57. The van der Waals surface area contributed by atoms with Crippen LogP contribution in [0.5, 0.6) is 0 Å². The molecule has 0 radical (unpaired) electrons. The number of nitrogens with two attached hydrogens (primary N) is 1. The molecule has 2 aliphatic carbocycles. The summed E-state index contributed by atoms with van der Waals surface area (Å²) in [5.41, 5.74) is 8.91. The van der Waals surface area contributed by atoms with Gasteiger partial charge in [0.1, 0.15) is 5.82 Å². The van der Waals surface area contributed by atoms with Gasteiger partial charge in [0.15, 0.2) is 0 Å². The molecule has 0 aliphatic heterocycles. The molecule has 20 heavy (non-hydrogen) atoms. The minimum Gasteiger partial charge on any atom is -0.371 e. The van der Waals surface area contributed by atoms with Crippen LogP contribution in [0.2, 0.25) is 0 Å². The van der Waals surface area contributed by atoms with Gasteiger partial charge in [-0.15, -0.1) is 0 Å². The molecule has 2 nitrogen and oxygen atoms in total. The number of aryl methyl sites for hydroxylation is 1. The molecule has 2 saturated carbocycles. The van der Waals surface area contributed by atoms with Crippen LogP contribution in [0.15, 0.2) is 12.1 Å². The molecule has 1 aromatic rings. The topological polar surface area (TPSA) is 29.3 Å². The monoisotopic (exact) mass is 276 g/mol. The summed E-state index contributed by atoms with van der Waals surface area (Å²) in [6.45, 7) is 6.01. The Morgan fingerprint density at radius 3 is 2.20 bits per heavy atom. The molecular weight excluding hydrogens is 251 g/mol. The average Bonchev–Trinajstić information content (AvgIpc) is 3.26. The molecule has 3 heteroatoms. The van der Waals surface area contributed by atoms with Crippen molar-refractivity contribution in [1.82, 2.24) is 0 Å². The highest BCUT2D eigenvalue weighted by atomic mass is 19.1. The van der Waals surface area contributed by atoms with Gasteiger partial charge < -0.3 is 10.6 Å². The summed E-state index contributed by atoms with van der Waals surface area (Å²) in [7, 11) is 0. The van der Waals surface area contributed by atoms with Gasteiger partial charge in [-0.05, 0) is 74.6 Å². The third kappa shape index (κ3) is 3.14. The van der Waals surface area contributed by atoms with Crippen LogP contribution in [0.1, 0.15) is 49.8 Å². The van der Waals surface area contributed by atoms with Crippen molar-refractivity contribution in [3.63, 3.8) is 0 Å². The molecule has 1 atom stereocenters. The lowest BCUT2D eigenvalue weighted by molar-refractivity contribution is 0.609. The highest BCUT2D eigenvalue weighted by Crippen LogP contribution is 2.38. The van der Waals surface area contributed by atoms with E-state index in [1.54, 1.807) is 6.07 Å². The molecule has 1 aromatic carbocycles. The number of halogens is 1. The van der Waals surface area contributed by atoms with Crippen molar-refractivity contribution >= 4 is 5.69 Å². The molecule has 0 spiro atoms. The largest absolute Gasteiger partial charge is 0.371 e. The van der Waals surface area contributed by atoms with E-state index in [0.29, 0.717) is 0 Å². The molecule has 0 heterocycles. The van der Waals surface area contributed by atoms with E-state index in [-0.39, 0.29) is 11.9 Å². The Kier molecular flexibility index (Phi) is 3.72. The SMILES string of the molecule is Cc1cc(N(CC2CC2)CC2CC2)c([C@@H](C)N)cc1F. The lowest BCUT2D eigenvalue weighted by atomic mass is 10.0. The second kappa shape index (κ2) is 5.36. The maximum atomic E-state index is 13.9. The normalized spacial score (nSPS) is 20.0. The van der Waals surface area contributed by atoms with Gasteiger partial charge in [0, 0.05) is 24.8 Å². The van der Waals surface area contributed by atoms with E-state index >= 15 is 0 Å². The second-order valence-electron chi connectivity index (χ2n) is 6.74. The lowest BCUT2D eigenvalue weighted by Crippen LogP contribution is -2.30. The van der Waals surface area contributed by atoms with Crippen LogP contribution in [0, 0.1) is 24.6 Å². The second-order valence-corrected chi connectivity index (χ2v) is 6.74. The predicted molar refractivity (Wildman–Crippen MR) is 81.4 cm³/mol. The summed E-state index contributed by atoms with van der Waals surface area (Å²) in [4.78, 5) is 2.47. The molecule has 0 bridgehead atoms. The summed E-state index contributed by atoms with van der Waals surface area (Å²) < 4.78 is 13.9. The molecule has 2 aliphatic rings. The van der Waals surface area contributed by atoms with Crippen LogP contribution in [0.4, 0.5) is 10.1 Å². The van der Waals surface area contributed by atoms with E-state index < -0.39 is 0 Å². The predicted octanol–water partition coefficient (Wildman–Crippen LogP) is 3.78. The first-order chi connectivity index (χ1) is 9.54. The highest BCUT2D eigenvalue weighted by Gasteiger charge is 2.30. The van der Waals surface area contributed by atoms with Gasteiger partial charge in [0.2, 0.25) is 0 Å². The van der Waals surface area contributed by atoms with E-state index in [2.05, 4.69) is 4.90 Å². The van der Waals surface area contributed by atoms with Gasteiger partial charge in [-0.3, -0.25) is 0 Å². The maximum Gasteiger partial charge on any atom is 0.126 e. The zero-order valence-corrected chi connectivity index (χ0v) is 12.5. The van der Waals surface area contributed by atoms with Crippen molar-refractivity contribution in [2.24, 2.45) is 17.6 Å². The number of anilines is 1. The fourth-order valence-electron chi connectivity index (χ4n) is 2.82. The maximum absolute atomic E-state index is 13.9. The first-order valence-corrected chi connectivity index (χ1v) is 7.85. The molecule has 2 fully saturated rings. The van der Waals surface area contributed by atoms with Gasteiger partial charge in [-0.25, -0.2) is 4.39 Å². The van der Waals surface area contributed by atoms with Crippen LogP contribution in [0.25, 0.3) is 0 Å². The number of hydrogen-bond acceptors (Lipinski definition) is 2. The van der Waals surface area contributed by atoms with Crippen molar-refractivity contribution in [1.29, 1.82) is 0 Å². The van der Waals surface area contributed by atoms with Crippen molar-refractivity contribution in [2.45, 2.75) is 45.6 Å². The summed E-state index contributed by atoms with van der Waals surface area (Å²) in [5, 5.41) is 0. The van der Waals surface area contributed by atoms with E-state index in [1.807, 2.05) is 19.9 Å². The fraction of sp³-hybridized carbons (Fsp3) is 0.647. The first kappa shape index (κ1) is 13.9. The Morgan fingerprint density at radius 2 is 1.75 bits per heavy atom. The third-order valence-corrected chi connectivity index (χ3v) is 4.49. The van der Waals surface area contributed by atoms with E-state index in [0.717, 1.165) is 41.7 Å². The Hall–Kier alpha value is -1.09. The Balaban J connectivity index is 1.91. The first-order valence-electron chi connectivity index (χ1n) is 7.85. The van der Waals surface area contributed by atoms with Crippen molar-refractivity contribution in [2.75, 3.05) is 18.0 Å². The number of rotatable bonds is 6. The molecule has 0 amide bonds. The summed E-state index contributed by atoms with van der Waals surface area (Å²) >= 11 is 0. The fourth-order valence-corrected chi connectivity index (χ4v) is 2.82. The number of hydrogen-bond donors (Lipinski definition) is 1. The molecular formula is C17H25FN2. The van der Waals surface area contributed by atoms with Crippen LogP contribution < -0.4 is 10.6 Å². The summed E-state index contributed by atoms with van der Waals surface area (Å²) in [6, 6.07) is 3.52. The molecule has 3 rings (SSSR count). The zero-order valence-electron chi connectivity index (χ0n) is 12.5. The standard InChI is InChI=1S/C17H25FN2/c1-11-7-17(15(12(2)19)8-16(11)18)20(9-13-3-4-13)10-14-5-6-14/h7-8,12-14H,3-6,9-10,19H2,1-2H3/t12-/m1/s1. The van der Waals surface area contributed by atoms with Crippen LogP contribution in [-0.2, 0) is 0 Å². The van der Waals surface area contributed by atoms with E-state index in [4.69, 9.17) is 5.73 Å². The summed E-state index contributed by atoms with van der Waals surface area (Å²) in [6.07, 6.45) is 5.37. The van der Waals surface area contributed by atoms with Gasteiger partial charge >= 0.3 is 0 Å². The molecule has 0 aromatic heterocycles. The quantitative estimate of drug-likeness (QED) is 0.856. The van der Waals surface area contributed by atoms with Crippen LogP contribution in [-0.4, -0.2) is 13.1 Å². The number of nitrogens with zero attached hydrogens (tertiary/aromatic N) is 1. The zero-order chi connectivity index (χ0) is 14.3. The molecule has 0 unspecified atom stereocenters. The van der Waals surface area contributed by atoms with Gasteiger partial charge in [0.05, 0.1) is 0 Å². The van der Waals surface area contributed by atoms with Crippen molar-refractivity contribution in [3.8, 4) is 0 Å². The Morgan fingerprint density at radius 1 is 1.20 bits per heavy atom. The molecule has 2 N–H and O–H groups in total. The third-order valence-electron chi connectivity index (χ3n) is 4.49. The number of benzene rings is 1. The van der Waals surface area contributed by atoms with Gasteiger partial charge in [0.25, 0.3) is 0 Å². The molecule has 110 valence electrons. The molecule has 0 saturated heterocycles. The average molecular weight is 276 g/mol. The Labute approximate surface area is 121 Å². The van der Waals surface area contributed by atoms with E-state index in [1.165, 1.54) is 25.7 Å². The van der Waals surface area contributed by atoms with Gasteiger partial charge in [-0.2, -0.15) is 0 Å². The minimum absolute atomic E-state index is 0.124. The van der Waals surface area contributed by atoms with Crippen LogP contribution >= 0.6 is 0 Å². The lowest BCUT2D eigenvalue weighted by Gasteiger charge is -2.29.